The first-order chi connectivity index (χ1) is 9.01. The lowest BCUT2D eigenvalue weighted by Crippen LogP contribution is -2.04. The molecule has 0 radical (unpaired) electrons. The number of halogens is 1. The van der Waals surface area contributed by atoms with Crippen LogP contribution in [0.3, 0.4) is 0 Å². The van der Waals surface area contributed by atoms with Crippen molar-refractivity contribution in [3.05, 3.63) is 27.8 Å². The fourth-order valence-electron chi connectivity index (χ4n) is 1.57. The number of methoxy groups -OCH3 is 1. The molecule has 1 unspecified atom stereocenters. The molecule has 0 saturated carbocycles. The van der Waals surface area contributed by atoms with E-state index in [0.717, 1.165) is 11.8 Å². The molecule has 6 nitrogen and oxygen atoms in total. The lowest BCUT2D eigenvalue weighted by Gasteiger charge is -2.13. The minimum atomic E-state index is -0.953. The van der Waals surface area contributed by atoms with Gasteiger partial charge < -0.3 is 14.6 Å². The number of aliphatic hydroxyl groups is 1. The predicted octanol–water partition coefficient (Wildman–Crippen LogP) is 2.82. The Kier molecular flexibility index (Phi) is 6.04. The Morgan fingerprint density at radius 3 is 2.63 bits per heavy atom. The minimum Gasteiger partial charge on any atom is -0.493 e. The topological polar surface area (TPSA) is 81.8 Å². The van der Waals surface area contributed by atoms with Crippen LogP contribution in [-0.2, 0) is 0 Å². The van der Waals surface area contributed by atoms with E-state index in [1.54, 1.807) is 0 Å². The van der Waals surface area contributed by atoms with Crippen molar-refractivity contribution in [2.45, 2.75) is 19.4 Å². The summed E-state index contributed by atoms with van der Waals surface area (Å²) in [6, 6.07) is 2.72. The van der Waals surface area contributed by atoms with Gasteiger partial charge in [0.15, 0.2) is 11.5 Å². The van der Waals surface area contributed by atoms with Gasteiger partial charge in [-0.05, 0) is 19.4 Å². The third-order valence-electron chi connectivity index (χ3n) is 2.50. The van der Waals surface area contributed by atoms with Crippen molar-refractivity contribution in [2.24, 2.45) is 0 Å². The van der Waals surface area contributed by atoms with Crippen molar-refractivity contribution < 1.29 is 19.5 Å². The maximum atomic E-state index is 11.0. The minimum absolute atomic E-state index is 0.176. The van der Waals surface area contributed by atoms with E-state index in [-0.39, 0.29) is 11.3 Å². The highest BCUT2D eigenvalue weighted by Gasteiger charge is 2.22. The number of nitro benzene ring substituents is 1. The van der Waals surface area contributed by atoms with Gasteiger partial charge in [-0.15, -0.1) is 0 Å². The largest absolute Gasteiger partial charge is 0.493 e. The molecule has 0 spiro atoms. The quantitative estimate of drug-likeness (QED) is 0.359. The normalized spacial score (nSPS) is 12.0. The summed E-state index contributed by atoms with van der Waals surface area (Å²) in [5.74, 6) is 0.677. The van der Waals surface area contributed by atoms with Gasteiger partial charge in [0.05, 0.1) is 36.4 Å². The summed E-state index contributed by atoms with van der Waals surface area (Å²) in [5, 5.41) is 21.4. The lowest BCUT2D eigenvalue weighted by molar-refractivity contribution is -0.386. The molecule has 0 aliphatic rings. The zero-order chi connectivity index (χ0) is 14.4. The van der Waals surface area contributed by atoms with Crippen molar-refractivity contribution in [1.82, 2.24) is 0 Å². The highest BCUT2D eigenvalue weighted by Crippen LogP contribution is 2.37. The zero-order valence-electron chi connectivity index (χ0n) is 10.8. The Morgan fingerprint density at radius 1 is 1.47 bits per heavy atom. The molecule has 0 fully saturated rings. The summed E-state index contributed by atoms with van der Waals surface area (Å²) in [6.07, 6.45) is -0.180. The van der Waals surface area contributed by atoms with Crippen LogP contribution in [0.25, 0.3) is 0 Å². The predicted molar refractivity (Wildman–Crippen MR) is 74.2 cm³/mol. The van der Waals surface area contributed by atoms with E-state index in [4.69, 9.17) is 9.47 Å². The Morgan fingerprint density at radius 2 is 2.16 bits per heavy atom. The third kappa shape index (κ3) is 4.07. The van der Waals surface area contributed by atoms with Crippen LogP contribution in [0.2, 0.25) is 0 Å². The number of nitro groups is 1. The van der Waals surface area contributed by atoms with Crippen molar-refractivity contribution in [3.8, 4) is 11.5 Å². The molecule has 0 aromatic heterocycles. The van der Waals surface area contributed by atoms with Gasteiger partial charge in [-0.3, -0.25) is 10.1 Å². The molecule has 0 aliphatic carbocycles. The van der Waals surface area contributed by atoms with Crippen LogP contribution in [-0.4, -0.2) is 29.1 Å². The summed E-state index contributed by atoms with van der Waals surface area (Å²) < 4.78 is 10.6. The molecule has 0 heterocycles. The molecule has 0 amide bonds. The highest BCUT2D eigenvalue weighted by atomic mass is 79.9. The van der Waals surface area contributed by atoms with E-state index in [2.05, 4.69) is 15.9 Å². The average molecular weight is 334 g/mol. The van der Waals surface area contributed by atoms with Crippen LogP contribution in [0, 0.1) is 10.1 Å². The first kappa shape index (κ1) is 15.7. The standard InChI is InChI=1S/C12H16BrNO5/c1-8(15)9-6-11(18-2)12(19-5-3-4-13)7-10(9)14(16)17/h6-8,15H,3-5H2,1-2H3. The van der Waals surface area contributed by atoms with E-state index < -0.39 is 11.0 Å². The Balaban J connectivity index is 3.16. The van der Waals surface area contributed by atoms with Crippen LogP contribution in [0.5, 0.6) is 11.5 Å². The summed E-state index contributed by atoms with van der Waals surface area (Å²) in [5.41, 5.74) is 0.0272. The van der Waals surface area contributed by atoms with Gasteiger partial charge in [0.2, 0.25) is 0 Å². The van der Waals surface area contributed by atoms with Crippen LogP contribution in [0.1, 0.15) is 25.0 Å². The van der Waals surface area contributed by atoms with Gasteiger partial charge in [-0.1, -0.05) is 15.9 Å². The summed E-state index contributed by atoms with van der Waals surface area (Å²) >= 11 is 3.27. The third-order valence-corrected chi connectivity index (χ3v) is 3.06. The number of hydrogen-bond acceptors (Lipinski definition) is 5. The number of aliphatic hydroxyl groups excluding tert-OH is 1. The van der Waals surface area contributed by atoms with Crippen molar-refractivity contribution in [3.63, 3.8) is 0 Å². The Labute approximate surface area is 119 Å². The molecular formula is C12H16BrNO5. The number of alkyl halides is 1. The fraction of sp³-hybridized carbons (Fsp3) is 0.500. The average Bonchev–Trinajstić information content (AvgIpc) is 2.38. The second kappa shape index (κ2) is 7.30. The molecule has 0 bridgehead atoms. The first-order valence-electron chi connectivity index (χ1n) is 5.74. The van der Waals surface area contributed by atoms with E-state index >= 15 is 0 Å². The van der Waals surface area contributed by atoms with Gasteiger partial charge in [-0.2, -0.15) is 0 Å². The van der Waals surface area contributed by atoms with E-state index in [0.29, 0.717) is 18.1 Å². The summed E-state index contributed by atoms with van der Waals surface area (Å²) in [7, 11) is 1.45. The highest BCUT2D eigenvalue weighted by molar-refractivity contribution is 9.09. The number of benzene rings is 1. The second-order valence-electron chi connectivity index (χ2n) is 3.89. The molecule has 106 valence electrons. The van der Waals surface area contributed by atoms with E-state index in [1.165, 1.54) is 26.2 Å². The fourth-order valence-corrected chi connectivity index (χ4v) is 1.80. The number of hydrogen-bond donors (Lipinski definition) is 1. The number of rotatable bonds is 7. The molecule has 1 rings (SSSR count). The molecule has 1 atom stereocenters. The Bertz CT molecular complexity index is 450. The van der Waals surface area contributed by atoms with Gasteiger partial charge in [0, 0.05) is 5.33 Å². The lowest BCUT2D eigenvalue weighted by atomic mass is 10.1. The molecule has 1 aromatic rings. The van der Waals surface area contributed by atoms with Crippen molar-refractivity contribution >= 4 is 21.6 Å². The number of nitrogens with zero attached hydrogens (tertiary/aromatic N) is 1. The maximum Gasteiger partial charge on any atom is 0.279 e. The van der Waals surface area contributed by atoms with Gasteiger partial charge in [0.25, 0.3) is 5.69 Å². The maximum absolute atomic E-state index is 11.0. The second-order valence-corrected chi connectivity index (χ2v) is 4.68. The van der Waals surface area contributed by atoms with Gasteiger partial charge >= 0.3 is 0 Å². The molecule has 7 heteroatoms. The van der Waals surface area contributed by atoms with Crippen molar-refractivity contribution in [1.29, 1.82) is 0 Å². The van der Waals surface area contributed by atoms with Crippen LogP contribution < -0.4 is 9.47 Å². The van der Waals surface area contributed by atoms with Crippen LogP contribution >= 0.6 is 15.9 Å². The molecule has 1 N–H and O–H groups in total. The van der Waals surface area contributed by atoms with E-state index in [9.17, 15) is 15.2 Å². The molecular weight excluding hydrogens is 318 g/mol. The molecule has 19 heavy (non-hydrogen) atoms. The van der Waals surface area contributed by atoms with E-state index in [1.807, 2.05) is 0 Å². The van der Waals surface area contributed by atoms with Crippen molar-refractivity contribution in [2.75, 3.05) is 19.0 Å². The first-order valence-corrected chi connectivity index (χ1v) is 6.86. The molecule has 0 saturated heterocycles. The SMILES string of the molecule is COc1cc(C(C)O)c([N+](=O)[O-])cc1OCCCBr. The zero-order valence-corrected chi connectivity index (χ0v) is 12.3. The summed E-state index contributed by atoms with van der Waals surface area (Å²) in [6.45, 7) is 1.89. The summed E-state index contributed by atoms with van der Waals surface area (Å²) in [4.78, 5) is 10.5. The van der Waals surface area contributed by atoms with Gasteiger partial charge in [0.1, 0.15) is 0 Å². The van der Waals surface area contributed by atoms with Crippen LogP contribution in [0.4, 0.5) is 5.69 Å². The smallest absolute Gasteiger partial charge is 0.279 e. The Hall–Kier alpha value is -1.34. The monoisotopic (exact) mass is 333 g/mol. The molecule has 0 aliphatic heterocycles. The van der Waals surface area contributed by atoms with Crippen LogP contribution in [0.15, 0.2) is 12.1 Å². The molecule has 1 aromatic carbocycles. The van der Waals surface area contributed by atoms with Gasteiger partial charge in [-0.25, -0.2) is 0 Å². The number of ether oxygens (including phenoxy) is 2.